The summed E-state index contributed by atoms with van der Waals surface area (Å²) in [5, 5.41) is 6.34. The lowest BCUT2D eigenvalue weighted by Gasteiger charge is -2.24. The van der Waals surface area contributed by atoms with Crippen molar-refractivity contribution in [2.45, 2.75) is 26.2 Å². The Bertz CT molecular complexity index is 630. The third kappa shape index (κ3) is 3.43. The second-order valence-corrected chi connectivity index (χ2v) is 5.69. The molecule has 2 aromatic carbocycles. The van der Waals surface area contributed by atoms with Crippen LogP contribution in [-0.4, -0.2) is 5.91 Å². The summed E-state index contributed by atoms with van der Waals surface area (Å²) in [6, 6.07) is 16.1. The van der Waals surface area contributed by atoms with Crippen LogP contribution >= 0.6 is 0 Å². The normalized spacial score (nSPS) is 14.3. The predicted molar refractivity (Wildman–Crippen MR) is 86.9 cm³/mol. The monoisotopic (exact) mass is 280 g/mol. The van der Waals surface area contributed by atoms with Crippen molar-refractivity contribution in [2.24, 2.45) is 5.92 Å². The van der Waals surface area contributed by atoms with Crippen molar-refractivity contribution >= 4 is 23.0 Å². The standard InChI is InChI=1S/C18H20N2O/c1-13-4-2-7-17(12-13)19-15-8-10-16(11-9-15)20-18(21)14-5-3-6-14/h2,4,7-12,14,19H,3,5-6H2,1H3,(H,20,21). The average molecular weight is 280 g/mol. The fraction of sp³-hybridized carbons (Fsp3) is 0.278. The molecule has 0 aromatic heterocycles. The number of carbonyl (C=O) groups is 1. The molecule has 0 spiro atoms. The molecule has 2 aromatic rings. The van der Waals surface area contributed by atoms with Gasteiger partial charge in [0.15, 0.2) is 0 Å². The van der Waals surface area contributed by atoms with Gasteiger partial charge in [-0.3, -0.25) is 4.79 Å². The Balaban J connectivity index is 1.62. The molecule has 1 saturated carbocycles. The Morgan fingerprint density at radius 1 is 1.00 bits per heavy atom. The van der Waals surface area contributed by atoms with Gasteiger partial charge in [-0.25, -0.2) is 0 Å². The van der Waals surface area contributed by atoms with E-state index in [9.17, 15) is 4.79 Å². The topological polar surface area (TPSA) is 41.1 Å². The second-order valence-electron chi connectivity index (χ2n) is 5.69. The summed E-state index contributed by atoms with van der Waals surface area (Å²) in [4.78, 5) is 11.9. The first kappa shape index (κ1) is 13.7. The highest BCUT2D eigenvalue weighted by Crippen LogP contribution is 2.28. The van der Waals surface area contributed by atoms with E-state index in [4.69, 9.17) is 0 Å². The summed E-state index contributed by atoms with van der Waals surface area (Å²) < 4.78 is 0. The fourth-order valence-corrected chi connectivity index (χ4v) is 2.44. The summed E-state index contributed by atoms with van der Waals surface area (Å²) in [7, 11) is 0. The summed E-state index contributed by atoms with van der Waals surface area (Å²) in [6.45, 7) is 2.07. The van der Waals surface area contributed by atoms with Gasteiger partial charge in [0.05, 0.1) is 0 Å². The first-order valence-electron chi connectivity index (χ1n) is 7.45. The van der Waals surface area contributed by atoms with Gasteiger partial charge in [-0.1, -0.05) is 18.6 Å². The van der Waals surface area contributed by atoms with Gasteiger partial charge in [0.1, 0.15) is 0 Å². The van der Waals surface area contributed by atoms with Gasteiger partial charge >= 0.3 is 0 Å². The molecule has 0 aliphatic heterocycles. The molecule has 0 bridgehead atoms. The van der Waals surface area contributed by atoms with Crippen molar-refractivity contribution in [1.82, 2.24) is 0 Å². The molecule has 3 heteroatoms. The zero-order valence-electron chi connectivity index (χ0n) is 12.2. The van der Waals surface area contributed by atoms with Crippen LogP contribution in [0.2, 0.25) is 0 Å². The molecular formula is C18H20N2O. The van der Waals surface area contributed by atoms with Crippen LogP contribution in [-0.2, 0) is 4.79 Å². The maximum atomic E-state index is 11.9. The van der Waals surface area contributed by atoms with Gasteiger partial charge < -0.3 is 10.6 Å². The van der Waals surface area contributed by atoms with Gasteiger partial charge in [0.25, 0.3) is 0 Å². The van der Waals surface area contributed by atoms with Crippen molar-refractivity contribution in [3.63, 3.8) is 0 Å². The second kappa shape index (κ2) is 6.00. The van der Waals surface area contributed by atoms with E-state index in [0.29, 0.717) is 0 Å². The first-order valence-corrected chi connectivity index (χ1v) is 7.45. The highest BCUT2D eigenvalue weighted by molar-refractivity contribution is 5.93. The number of hydrogen-bond donors (Lipinski definition) is 2. The van der Waals surface area contributed by atoms with E-state index in [1.165, 1.54) is 12.0 Å². The van der Waals surface area contributed by atoms with Crippen molar-refractivity contribution in [3.8, 4) is 0 Å². The lowest BCUT2D eigenvalue weighted by Crippen LogP contribution is -2.27. The lowest BCUT2D eigenvalue weighted by molar-refractivity contribution is -0.122. The van der Waals surface area contributed by atoms with E-state index in [1.54, 1.807) is 0 Å². The molecule has 0 unspecified atom stereocenters. The minimum absolute atomic E-state index is 0.153. The van der Waals surface area contributed by atoms with Crippen LogP contribution in [0.4, 0.5) is 17.1 Å². The number of hydrogen-bond acceptors (Lipinski definition) is 2. The lowest BCUT2D eigenvalue weighted by atomic mass is 9.85. The molecule has 1 fully saturated rings. The molecule has 3 rings (SSSR count). The summed E-state index contributed by atoms with van der Waals surface area (Å²) >= 11 is 0. The van der Waals surface area contributed by atoms with Crippen LogP contribution in [0.3, 0.4) is 0 Å². The fourth-order valence-electron chi connectivity index (χ4n) is 2.44. The Kier molecular flexibility index (Phi) is 3.91. The van der Waals surface area contributed by atoms with Gasteiger partial charge in [-0.05, 0) is 61.7 Å². The molecule has 0 atom stereocenters. The van der Waals surface area contributed by atoms with Crippen LogP contribution in [0.5, 0.6) is 0 Å². The molecule has 0 saturated heterocycles. The molecule has 0 radical (unpaired) electrons. The number of rotatable bonds is 4. The van der Waals surface area contributed by atoms with Crippen LogP contribution in [0, 0.1) is 12.8 Å². The zero-order valence-corrected chi connectivity index (χ0v) is 12.2. The molecular weight excluding hydrogens is 260 g/mol. The third-order valence-corrected chi connectivity index (χ3v) is 3.94. The summed E-state index contributed by atoms with van der Waals surface area (Å²) in [6.07, 6.45) is 3.23. The van der Waals surface area contributed by atoms with Gasteiger partial charge in [0.2, 0.25) is 5.91 Å². The summed E-state index contributed by atoms with van der Waals surface area (Å²) in [5.74, 6) is 0.371. The maximum absolute atomic E-state index is 11.9. The Morgan fingerprint density at radius 2 is 1.71 bits per heavy atom. The van der Waals surface area contributed by atoms with Gasteiger partial charge in [-0.15, -0.1) is 0 Å². The van der Waals surface area contributed by atoms with Crippen LogP contribution in [0.1, 0.15) is 24.8 Å². The number of anilines is 3. The molecule has 3 nitrogen and oxygen atoms in total. The quantitative estimate of drug-likeness (QED) is 0.867. The highest BCUT2D eigenvalue weighted by atomic mass is 16.1. The molecule has 1 amide bonds. The van der Waals surface area contributed by atoms with Gasteiger partial charge in [-0.2, -0.15) is 0 Å². The highest BCUT2D eigenvalue weighted by Gasteiger charge is 2.24. The van der Waals surface area contributed by atoms with Crippen molar-refractivity contribution < 1.29 is 4.79 Å². The number of nitrogens with one attached hydrogen (secondary N) is 2. The minimum Gasteiger partial charge on any atom is -0.356 e. The Labute approximate surface area is 125 Å². The van der Waals surface area contributed by atoms with Crippen molar-refractivity contribution in [3.05, 3.63) is 54.1 Å². The van der Waals surface area contributed by atoms with Crippen LogP contribution in [0.25, 0.3) is 0 Å². The molecule has 1 aliphatic rings. The SMILES string of the molecule is Cc1cccc(Nc2ccc(NC(=O)C3CCC3)cc2)c1. The Morgan fingerprint density at radius 3 is 2.33 bits per heavy atom. The van der Waals surface area contributed by atoms with E-state index in [-0.39, 0.29) is 11.8 Å². The first-order chi connectivity index (χ1) is 10.2. The van der Waals surface area contributed by atoms with Gasteiger partial charge in [0, 0.05) is 23.0 Å². The molecule has 2 N–H and O–H groups in total. The zero-order chi connectivity index (χ0) is 14.7. The number of benzene rings is 2. The number of carbonyl (C=O) groups excluding carboxylic acids is 1. The minimum atomic E-state index is 0.153. The molecule has 0 heterocycles. The van der Waals surface area contributed by atoms with Crippen LogP contribution < -0.4 is 10.6 Å². The van der Waals surface area contributed by atoms with E-state index < -0.39 is 0 Å². The molecule has 108 valence electrons. The molecule has 1 aliphatic carbocycles. The maximum Gasteiger partial charge on any atom is 0.227 e. The van der Waals surface area contributed by atoms with E-state index >= 15 is 0 Å². The van der Waals surface area contributed by atoms with E-state index in [0.717, 1.165) is 29.9 Å². The van der Waals surface area contributed by atoms with Crippen molar-refractivity contribution in [1.29, 1.82) is 0 Å². The van der Waals surface area contributed by atoms with Crippen LogP contribution in [0.15, 0.2) is 48.5 Å². The van der Waals surface area contributed by atoms with E-state index in [1.807, 2.05) is 36.4 Å². The van der Waals surface area contributed by atoms with E-state index in [2.05, 4.69) is 29.7 Å². The predicted octanol–water partition coefficient (Wildman–Crippen LogP) is 4.48. The number of aryl methyl sites for hydroxylation is 1. The smallest absolute Gasteiger partial charge is 0.227 e. The van der Waals surface area contributed by atoms with Crippen molar-refractivity contribution in [2.75, 3.05) is 10.6 Å². The average Bonchev–Trinajstić information content (AvgIpc) is 2.39. The summed E-state index contributed by atoms with van der Waals surface area (Å²) in [5.41, 5.74) is 4.18. The molecule has 21 heavy (non-hydrogen) atoms. The largest absolute Gasteiger partial charge is 0.356 e. The third-order valence-electron chi connectivity index (χ3n) is 3.94. The Hall–Kier alpha value is -2.29. The number of amides is 1.